The summed E-state index contributed by atoms with van der Waals surface area (Å²) in [5.41, 5.74) is 0. The molecule has 0 radical (unpaired) electrons. The Balaban J connectivity index is 2.16. The van der Waals surface area contributed by atoms with Crippen LogP contribution in [-0.2, 0) is 0 Å². The minimum absolute atomic E-state index is 0.109. The lowest BCUT2D eigenvalue weighted by atomic mass is 9.70. The Kier molecular flexibility index (Phi) is 4.59. The van der Waals surface area contributed by atoms with Crippen molar-refractivity contribution < 1.29 is 26.3 Å². The number of halogens is 6. The van der Waals surface area contributed by atoms with Gasteiger partial charge in [-0.3, -0.25) is 0 Å². The van der Waals surface area contributed by atoms with Gasteiger partial charge in [-0.05, 0) is 32.1 Å². The first-order valence-electron chi connectivity index (χ1n) is 7.19. The van der Waals surface area contributed by atoms with Crippen molar-refractivity contribution in [3.05, 3.63) is 0 Å². The molecule has 4 unspecified atom stereocenters. The van der Waals surface area contributed by atoms with Crippen LogP contribution in [0.25, 0.3) is 0 Å². The highest BCUT2D eigenvalue weighted by Crippen LogP contribution is 2.49. The lowest BCUT2D eigenvalue weighted by Gasteiger charge is -2.43. The highest BCUT2D eigenvalue weighted by molar-refractivity contribution is 4.99. The van der Waals surface area contributed by atoms with Gasteiger partial charge in [-0.2, -0.15) is 0 Å². The van der Waals surface area contributed by atoms with Crippen LogP contribution < -0.4 is 0 Å². The van der Waals surface area contributed by atoms with Gasteiger partial charge in [0.15, 0.2) is 0 Å². The van der Waals surface area contributed by atoms with Gasteiger partial charge in [-0.15, -0.1) is 0 Å². The SMILES string of the molecule is CC1C(F)CC(C(F)(F)C2C(F)CCCC2F)CC1F. The maximum Gasteiger partial charge on any atom is 0.259 e. The van der Waals surface area contributed by atoms with Crippen molar-refractivity contribution in [2.45, 2.75) is 69.6 Å². The zero-order valence-electron chi connectivity index (χ0n) is 11.3. The fourth-order valence-electron chi connectivity index (χ4n) is 3.46. The van der Waals surface area contributed by atoms with Crippen molar-refractivity contribution in [2.75, 3.05) is 0 Å². The summed E-state index contributed by atoms with van der Waals surface area (Å²) in [6.07, 6.45) is -8.29. The van der Waals surface area contributed by atoms with E-state index in [1.54, 1.807) is 0 Å². The van der Waals surface area contributed by atoms with Gasteiger partial charge in [0, 0.05) is 11.8 Å². The average molecular weight is 302 g/mol. The predicted octanol–water partition coefficient (Wildman–Crippen LogP) is 4.82. The number of hydrogen-bond donors (Lipinski definition) is 0. The fourth-order valence-corrected chi connectivity index (χ4v) is 3.46. The maximum atomic E-state index is 14.4. The van der Waals surface area contributed by atoms with Gasteiger partial charge >= 0.3 is 0 Å². The minimum Gasteiger partial charge on any atom is -0.247 e. The molecule has 0 spiro atoms. The molecule has 0 N–H and O–H groups in total. The molecular weight excluding hydrogens is 282 g/mol. The molecule has 0 saturated heterocycles. The van der Waals surface area contributed by atoms with E-state index in [4.69, 9.17) is 0 Å². The van der Waals surface area contributed by atoms with Gasteiger partial charge in [-0.25, -0.2) is 26.3 Å². The zero-order chi connectivity index (χ0) is 15.1. The zero-order valence-corrected chi connectivity index (χ0v) is 11.3. The third-order valence-electron chi connectivity index (χ3n) is 4.89. The summed E-state index contributed by atoms with van der Waals surface area (Å²) >= 11 is 0. The van der Waals surface area contributed by atoms with Crippen LogP contribution in [0.2, 0.25) is 0 Å². The van der Waals surface area contributed by atoms with E-state index in [0.29, 0.717) is 0 Å². The Morgan fingerprint density at radius 2 is 1.25 bits per heavy atom. The summed E-state index contributed by atoms with van der Waals surface area (Å²) < 4.78 is 83.4. The fraction of sp³-hybridized carbons (Fsp3) is 1.00. The van der Waals surface area contributed by atoms with E-state index >= 15 is 0 Å². The Morgan fingerprint density at radius 1 is 0.800 bits per heavy atom. The summed E-state index contributed by atoms with van der Waals surface area (Å²) in [5, 5.41) is 0. The third kappa shape index (κ3) is 2.80. The van der Waals surface area contributed by atoms with Gasteiger partial charge in [-0.1, -0.05) is 6.92 Å². The molecule has 0 nitrogen and oxygen atoms in total. The Morgan fingerprint density at radius 3 is 1.70 bits per heavy atom. The van der Waals surface area contributed by atoms with Crippen LogP contribution in [0.1, 0.15) is 39.0 Å². The molecule has 0 aromatic carbocycles. The second kappa shape index (κ2) is 5.76. The van der Waals surface area contributed by atoms with Crippen molar-refractivity contribution in [1.29, 1.82) is 0 Å². The first kappa shape index (κ1) is 16.0. The molecule has 2 fully saturated rings. The van der Waals surface area contributed by atoms with Crippen LogP contribution in [0.4, 0.5) is 26.3 Å². The van der Waals surface area contributed by atoms with E-state index < -0.39 is 61.2 Å². The molecule has 2 aliphatic carbocycles. The number of alkyl halides is 6. The second-order valence-corrected chi connectivity index (χ2v) is 6.22. The lowest BCUT2D eigenvalue weighted by Crippen LogP contribution is -2.51. The Labute approximate surface area is 114 Å². The van der Waals surface area contributed by atoms with Gasteiger partial charge < -0.3 is 0 Å². The van der Waals surface area contributed by atoms with E-state index in [2.05, 4.69) is 0 Å². The number of hydrogen-bond acceptors (Lipinski definition) is 0. The molecule has 0 aliphatic heterocycles. The van der Waals surface area contributed by atoms with Crippen LogP contribution in [-0.4, -0.2) is 30.6 Å². The molecule has 2 rings (SSSR count). The van der Waals surface area contributed by atoms with E-state index in [9.17, 15) is 26.3 Å². The van der Waals surface area contributed by atoms with Gasteiger partial charge in [0.25, 0.3) is 5.92 Å². The van der Waals surface area contributed by atoms with Crippen LogP contribution in [0.15, 0.2) is 0 Å². The highest BCUT2D eigenvalue weighted by Gasteiger charge is 2.57. The van der Waals surface area contributed by atoms with E-state index in [-0.39, 0.29) is 19.3 Å². The molecule has 0 aromatic rings. The van der Waals surface area contributed by atoms with Crippen LogP contribution in [0.5, 0.6) is 0 Å². The highest BCUT2D eigenvalue weighted by atomic mass is 19.3. The van der Waals surface area contributed by atoms with Gasteiger partial charge in [0.2, 0.25) is 0 Å². The van der Waals surface area contributed by atoms with E-state index in [1.165, 1.54) is 6.92 Å². The first-order valence-corrected chi connectivity index (χ1v) is 7.19. The van der Waals surface area contributed by atoms with E-state index in [1.807, 2.05) is 0 Å². The molecule has 2 saturated carbocycles. The molecule has 0 amide bonds. The summed E-state index contributed by atoms with van der Waals surface area (Å²) in [6, 6.07) is 0. The van der Waals surface area contributed by atoms with Crippen LogP contribution in [0.3, 0.4) is 0 Å². The second-order valence-electron chi connectivity index (χ2n) is 6.22. The molecule has 0 aromatic heterocycles. The molecule has 118 valence electrons. The van der Waals surface area contributed by atoms with Crippen LogP contribution in [0, 0.1) is 17.8 Å². The molecular formula is C14H20F6. The van der Waals surface area contributed by atoms with Crippen molar-refractivity contribution in [1.82, 2.24) is 0 Å². The summed E-state index contributed by atoms with van der Waals surface area (Å²) in [6.45, 7) is 1.33. The standard InChI is InChI=1S/C14H20F6/c1-7-11(17)5-8(6-12(7)18)14(19,20)13-9(15)3-2-4-10(13)16/h7-13H,2-6H2,1H3. The van der Waals surface area contributed by atoms with Crippen molar-refractivity contribution >= 4 is 0 Å². The first-order chi connectivity index (χ1) is 9.25. The maximum absolute atomic E-state index is 14.4. The molecule has 6 heteroatoms. The van der Waals surface area contributed by atoms with Gasteiger partial charge in [0.1, 0.15) is 24.7 Å². The van der Waals surface area contributed by atoms with Crippen LogP contribution >= 0.6 is 0 Å². The number of rotatable bonds is 2. The van der Waals surface area contributed by atoms with E-state index in [0.717, 1.165) is 0 Å². The summed E-state index contributed by atoms with van der Waals surface area (Å²) in [5.74, 6) is -8.32. The summed E-state index contributed by atoms with van der Waals surface area (Å²) in [7, 11) is 0. The molecule has 2 aliphatic rings. The van der Waals surface area contributed by atoms with Crippen molar-refractivity contribution in [3.8, 4) is 0 Å². The summed E-state index contributed by atoms with van der Waals surface area (Å²) in [4.78, 5) is 0. The Bertz CT molecular complexity index is 312. The lowest BCUT2D eigenvalue weighted by molar-refractivity contribution is -0.181. The average Bonchev–Trinajstić information content (AvgIpc) is 2.34. The Hall–Kier alpha value is -0.420. The molecule has 20 heavy (non-hydrogen) atoms. The topological polar surface area (TPSA) is 0 Å². The van der Waals surface area contributed by atoms with Crippen molar-refractivity contribution in [2.24, 2.45) is 17.8 Å². The third-order valence-corrected chi connectivity index (χ3v) is 4.89. The molecule has 4 atom stereocenters. The molecule has 0 heterocycles. The molecule has 0 bridgehead atoms. The minimum atomic E-state index is -3.70. The normalized spacial score (nSPS) is 47.2. The largest absolute Gasteiger partial charge is 0.259 e. The monoisotopic (exact) mass is 302 g/mol. The predicted molar refractivity (Wildman–Crippen MR) is 63.8 cm³/mol. The van der Waals surface area contributed by atoms with Gasteiger partial charge in [0.05, 0.1) is 5.92 Å². The smallest absolute Gasteiger partial charge is 0.247 e. The van der Waals surface area contributed by atoms with Crippen molar-refractivity contribution in [3.63, 3.8) is 0 Å². The quantitative estimate of drug-likeness (QED) is 0.642.